The number of hydrogen-bond acceptors (Lipinski definition) is 3. The lowest BCUT2D eigenvalue weighted by atomic mass is 10.1. The molecule has 0 aliphatic heterocycles. The largest absolute Gasteiger partial charge is 0.271 e. The van der Waals surface area contributed by atoms with E-state index in [1.807, 2.05) is 31.2 Å². The third-order valence-electron chi connectivity index (χ3n) is 2.53. The number of benzene rings is 1. The Hall–Kier alpha value is -2.01. The van der Waals surface area contributed by atoms with E-state index < -0.39 is 0 Å². The molecular weight excluding hydrogens is 306 g/mol. The number of hydrogen-bond donors (Lipinski definition) is 1. The summed E-state index contributed by atoms with van der Waals surface area (Å²) in [5.41, 5.74) is 4.72. The third-order valence-corrected chi connectivity index (χ3v) is 3.22. The van der Waals surface area contributed by atoms with Crippen molar-refractivity contribution in [3.8, 4) is 0 Å². The smallest absolute Gasteiger partial charge is 0.267 e. The molecule has 0 saturated heterocycles. The van der Waals surface area contributed by atoms with Gasteiger partial charge in [0.2, 0.25) is 0 Å². The predicted octanol–water partition coefficient (Wildman–Crippen LogP) is 3.00. The van der Waals surface area contributed by atoms with Crippen LogP contribution in [-0.4, -0.2) is 16.6 Å². The van der Waals surface area contributed by atoms with Crippen molar-refractivity contribution in [1.82, 2.24) is 10.4 Å². The van der Waals surface area contributed by atoms with E-state index in [0.717, 1.165) is 15.7 Å². The second kappa shape index (κ2) is 6.24. The molecule has 1 heterocycles. The maximum Gasteiger partial charge on any atom is 0.271 e. The molecule has 4 nitrogen and oxygen atoms in total. The van der Waals surface area contributed by atoms with Crippen LogP contribution in [0.5, 0.6) is 0 Å². The molecule has 0 fully saturated rings. The van der Waals surface area contributed by atoms with E-state index in [1.165, 1.54) is 0 Å². The van der Waals surface area contributed by atoms with E-state index in [0.29, 0.717) is 5.56 Å². The number of hydrazone groups is 1. The van der Waals surface area contributed by atoms with Crippen LogP contribution in [0.2, 0.25) is 0 Å². The van der Waals surface area contributed by atoms with Crippen molar-refractivity contribution in [3.05, 3.63) is 64.4 Å². The molecule has 0 saturated carbocycles. The fourth-order valence-corrected chi connectivity index (χ4v) is 2.09. The van der Waals surface area contributed by atoms with Crippen molar-refractivity contribution in [2.24, 2.45) is 5.10 Å². The van der Waals surface area contributed by atoms with Gasteiger partial charge in [-0.05, 0) is 25.1 Å². The molecule has 96 valence electrons. The van der Waals surface area contributed by atoms with Crippen LogP contribution < -0.4 is 5.43 Å². The Balaban J connectivity index is 2.11. The molecule has 0 aliphatic carbocycles. The SMILES string of the molecule is C/C(=N/NC(=O)c1ccncc1)c1ccccc1Br. The van der Waals surface area contributed by atoms with Crippen LogP contribution >= 0.6 is 15.9 Å². The van der Waals surface area contributed by atoms with Gasteiger partial charge in [0.1, 0.15) is 0 Å². The number of nitrogens with zero attached hydrogens (tertiary/aromatic N) is 2. The van der Waals surface area contributed by atoms with Gasteiger partial charge in [-0.25, -0.2) is 5.43 Å². The quantitative estimate of drug-likeness (QED) is 0.699. The summed E-state index contributed by atoms with van der Waals surface area (Å²) in [6, 6.07) is 11.0. The fraction of sp³-hybridized carbons (Fsp3) is 0.0714. The average Bonchev–Trinajstić information content (AvgIpc) is 2.46. The van der Waals surface area contributed by atoms with Crippen LogP contribution in [0, 0.1) is 0 Å². The summed E-state index contributed by atoms with van der Waals surface area (Å²) in [4.78, 5) is 15.7. The Bertz CT molecular complexity index is 611. The Morgan fingerprint density at radius 3 is 2.58 bits per heavy atom. The van der Waals surface area contributed by atoms with Crippen molar-refractivity contribution in [2.45, 2.75) is 6.92 Å². The van der Waals surface area contributed by atoms with Crippen molar-refractivity contribution < 1.29 is 4.79 Å². The highest BCUT2D eigenvalue weighted by molar-refractivity contribution is 9.10. The van der Waals surface area contributed by atoms with Crippen LogP contribution in [0.25, 0.3) is 0 Å². The lowest BCUT2D eigenvalue weighted by molar-refractivity contribution is 0.0954. The number of amides is 1. The molecule has 1 aromatic heterocycles. The van der Waals surface area contributed by atoms with E-state index in [9.17, 15) is 4.79 Å². The fourth-order valence-electron chi connectivity index (χ4n) is 1.52. The second-order valence-corrected chi connectivity index (χ2v) is 4.71. The second-order valence-electron chi connectivity index (χ2n) is 3.85. The van der Waals surface area contributed by atoms with E-state index in [2.05, 4.69) is 31.4 Å². The van der Waals surface area contributed by atoms with Crippen molar-refractivity contribution in [3.63, 3.8) is 0 Å². The van der Waals surface area contributed by atoms with E-state index >= 15 is 0 Å². The molecular formula is C14H12BrN3O. The van der Waals surface area contributed by atoms with Gasteiger partial charge in [-0.2, -0.15) is 5.10 Å². The first kappa shape index (κ1) is 13.4. The standard InChI is InChI=1S/C14H12BrN3O/c1-10(12-4-2-3-5-13(12)15)17-18-14(19)11-6-8-16-9-7-11/h2-9H,1H3,(H,18,19)/b17-10-. The number of carbonyl (C=O) groups excluding carboxylic acids is 1. The lowest BCUT2D eigenvalue weighted by Gasteiger charge is -2.04. The Kier molecular flexibility index (Phi) is 4.41. The van der Waals surface area contributed by atoms with Crippen LogP contribution in [-0.2, 0) is 0 Å². The zero-order valence-electron chi connectivity index (χ0n) is 10.3. The zero-order valence-corrected chi connectivity index (χ0v) is 11.9. The van der Waals surface area contributed by atoms with Crippen LogP contribution in [0.3, 0.4) is 0 Å². The minimum absolute atomic E-state index is 0.256. The molecule has 19 heavy (non-hydrogen) atoms. The molecule has 0 unspecified atom stereocenters. The summed E-state index contributed by atoms with van der Waals surface area (Å²) in [6.07, 6.45) is 3.14. The summed E-state index contributed by atoms with van der Waals surface area (Å²) in [5, 5.41) is 4.10. The molecule has 1 N–H and O–H groups in total. The summed E-state index contributed by atoms with van der Waals surface area (Å²) < 4.78 is 0.939. The summed E-state index contributed by atoms with van der Waals surface area (Å²) in [5.74, 6) is -0.256. The topological polar surface area (TPSA) is 54.4 Å². The highest BCUT2D eigenvalue weighted by atomic mass is 79.9. The average molecular weight is 318 g/mol. The first-order valence-corrected chi connectivity index (χ1v) is 6.47. The summed E-state index contributed by atoms with van der Waals surface area (Å²) >= 11 is 3.45. The van der Waals surface area contributed by atoms with Gasteiger partial charge in [0.05, 0.1) is 5.71 Å². The molecule has 0 atom stereocenters. The number of aromatic nitrogens is 1. The molecule has 0 radical (unpaired) electrons. The molecule has 5 heteroatoms. The van der Waals surface area contributed by atoms with Crippen molar-refractivity contribution >= 4 is 27.5 Å². The van der Waals surface area contributed by atoms with Crippen LogP contribution in [0.1, 0.15) is 22.8 Å². The molecule has 0 aliphatic rings. The van der Waals surface area contributed by atoms with Crippen molar-refractivity contribution in [1.29, 1.82) is 0 Å². The van der Waals surface area contributed by atoms with Crippen LogP contribution in [0.4, 0.5) is 0 Å². The molecule has 1 aromatic carbocycles. The molecule has 2 rings (SSSR count). The number of pyridine rings is 1. The van der Waals surface area contributed by atoms with Gasteiger partial charge in [-0.15, -0.1) is 0 Å². The number of halogens is 1. The van der Waals surface area contributed by atoms with E-state index in [-0.39, 0.29) is 5.91 Å². The van der Waals surface area contributed by atoms with E-state index in [1.54, 1.807) is 24.5 Å². The maximum atomic E-state index is 11.8. The summed E-state index contributed by atoms with van der Waals surface area (Å²) in [7, 11) is 0. The van der Waals surface area contributed by atoms with Crippen LogP contribution in [0.15, 0.2) is 58.4 Å². The minimum atomic E-state index is -0.256. The number of carbonyl (C=O) groups is 1. The highest BCUT2D eigenvalue weighted by Gasteiger charge is 2.05. The van der Waals surface area contributed by atoms with Gasteiger partial charge >= 0.3 is 0 Å². The Morgan fingerprint density at radius 1 is 1.21 bits per heavy atom. The molecule has 2 aromatic rings. The predicted molar refractivity (Wildman–Crippen MR) is 78.1 cm³/mol. The Labute approximate surface area is 119 Å². The first-order valence-electron chi connectivity index (χ1n) is 5.68. The van der Waals surface area contributed by atoms with Gasteiger partial charge in [0.15, 0.2) is 0 Å². The minimum Gasteiger partial charge on any atom is -0.267 e. The first-order chi connectivity index (χ1) is 9.18. The molecule has 1 amide bonds. The van der Waals surface area contributed by atoms with Gasteiger partial charge in [0, 0.05) is 28.0 Å². The molecule has 0 spiro atoms. The summed E-state index contributed by atoms with van der Waals surface area (Å²) in [6.45, 7) is 1.84. The monoisotopic (exact) mass is 317 g/mol. The third kappa shape index (κ3) is 3.48. The number of nitrogens with one attached hydrogen (secondary N) is 1. The van der Waals surface area contributed by atoms with Gasteiger partial charge in [-0.3, -0.25) is 9.78 Å². The molecule has 0 bridgehead atoms. The van der Waals surface area contributed by atoms with Gasteiger partial charge in [0.25, 0.3) is 5.91 Å². The van der Waals surface area contributed by atoms with Gasteiger partial charge in [-0.1, -0.05) is 34.1 Å². The highest BCUT2D eigenvalue weighted by Crippen LogP contribution is 2.16. The lowest BCUT2D eigenvalue weighted by Crippen LogP contribution is -2.19. The van der Waals surface area contributed by atoms with E-state index in [4.69, 9.17) is 0 Å². The van der Waals surface area contributed by atoms with Crippen molar-refractivity contribution in [2.75, 3.05) is 0 Å². The Morgan fingerprint density at radius 2 is 1.89 bits per heavy atom. The maximum absolute atomic E-state index is 11.8. The number of rotatable bonds is 3. The zero-order chi connectivity index (χ0) is 13.7. The van der Waals surface area contributed by atoms with Gasteiger partial charge < -0.3 is 0 Å². The normalized spacial score (nSPS) is 11.2.